The highest BCUT2D eigenvalue weighted by Gasteiger charge is 2.35. The third-order valence-electron chi connectivity index (χ3n) is 4.67. The van der Waals surface area contributed by atoms with Gasteiger partial charge in [0.2, 0.25) is 11.8 Å². The molecule has 114 valence electrons. The van der Waals surface area contributed by atoms with Crippen molar-refractivity contribution >= 4 is 11.8 Å². The highest BCUT2D eigenvalue weighted by Crippen LogP contribution is 2.22. The molecule has 0 N–H and O–H groups in total. The van der Waals surface area contributed by atoms with Gasteiger partial charge in [-0.1, -0.05) is 6.92 Å². The lowest BCUT2D eigenvalue weighted by atomic mass is 9.95. The molecule has 2 saturated heterocycles. The van der Waals surface area contributed by atoms with Crippen LogP contribution in [0.15, 0.2) is 0 Å². The second kappa shape index (κ2) is 6.57. The van der Waals surface area contributed by atoms with Gasteiger partial charge >= 0.3 is 0 Å². The average molecular weight is 281 g/mol. The number of likely N-dealkylation sites (tertiary alicyclic amines) is 1. The number of amides is 2. The average Bonchev–Trinajstić information content (AvgIpc) is 2.47. The summed E-state index contributed by atoms with van der Waals surface area (Å²) in [6.45, 7) is 11.4. The molecule has 2 rings (SSSR count). The van der Waals surface area contributed by atoms with Crippen molar-refractivity contribution in [2.75, 3.05) is 39.3 Å². The highest BCUT2D eigenvalue weighted by molar-refractivity contribution is 5.84. The summed E-state index contributed by atoms with van der Waals surface area (Å²) in [5.41, 5.74) is 0. The van der Waals surface area contributed by atoms with Gasteiger partial charge in [-0.25, -0.2) is 0 Å². The van der Waals surface area contributed by atoms with Gasteiger partial charge in [-0.05, 0) is 26.8 Å². The van der Waals surface area contributed by atoms with Gasteiger partial charge in [0.25, 0.3) is 0 Å². The van der Waals surface area contributed by atoms with Crippen molar-refractivity contribution in [3.05, 3.63) is 0 Å². The Morgan fingerprint density at radius 2 is 1.95 bits per heavy atom. The maximum atomic E-state index is 12.7. The van der Waals surface area contributed by atoms with E-state index in [-0.39, 0.29) is 23.8 Å². The molecule has 0 saturated carbocycles. The Kier molecular flexibility index (Phi) is 5.02. The molecular weight excluding hydrogens is 254 g/mol. The molecule has 2 fully saturated rings. The molecule has 2 aliphatic rings. The second-order valence-electron chi connectivity index (χ2n) is 5.94. The van der Waals surface area contributed by atoms with E-state index in [1.807, 2.05) is 16.7 Å². The maximum Gasteiger partial charge on any atom is 0.227 e. The van der Waals surface area contributed by atoms with Gasteiger partial charge in [0, 0.05) is 45.2 Å². The normalized spacial score (nSPS) is 28.9. The largest absolute Gasteiger partial charge is 0.342 e. The van der Waals surface area contributed by atoms with E-state index in [4.69, 9.17) is 0 Å². The van der Waals surface area contributed by atoms with Crippen LogP contribution < -0.4 is 0 Å². The van der Waals surface area contributed by atoms with Crippen LogP contribution in [0.3, 0.4) is 0 Å². The number of carbonyl (C=O) groups is 2. The van der Waals surface area contributed by atoms with Crippen molar-refractivity contribution < 1.29 is 9.59 Å². The number of piperidine rings is 1. The minimum atomic E-state index is 0.00303. The van der Waals surface area contributed by atoms with Crippen molar-refractivity contribution in [2.45, 2.75) is 39.7 Å². The van der Waals surface area contributed by atoms with Crippen molar-refractivity contribution in [3.63, 3.8) is 0 Å². The molecule has 0 radical (unpaired) electrons. The molecule has 0 aromatic rings. The quantitative estimate of drug-likeness (QED) is 0.768. The van der Waals surface area contributed by atoms with E-state index in [0.29, 0.717) is 19.5 Å². The molecule has 2 heterocycles. The van der Waals surface area contributed by atoms with Crippen LogP contribution in [0.1, 0.15) is 33.6 Å². The number of hydrogen-bond donors (Lipinski definition) is 0. The van der Waals surface area contributed by atoms with Gasteiger partial charge in [0.1, 0.15) is 0 Å². The minimum absolute atomic E-state index is 0.00303. The number of hydrogen-bond acceptors (Lipinski definition) is 3. The summed E-state index contributed by atoms with van der Waals surface area (Å²) in [4.78, 5) is 30.6. The van der Waals surface area contributed by atoms with Crippen LogP contribution in [0.4, 0.5) is 0 Å². The zero-order chi connectivity index (χ0) is 14.7. The number of nitrogens with zero attached hydrogens (tertiary/aromatic N) is 3. The standard InChI is InChI=1S/C15H27N3O2/c1-4-16-8-9-18(12(3)10-16)15(20)13-6-7-14(19)17(5-2)11-13/h12-13H,4-11H2,1-3H3. The van der Waals surface area contributed by atoms with Gasteiger partial charge in [-0.3, -0.25) is 14.5 Å². The van der Waals surface area contributed by atoms with E-state index in [1.54, 1.807) is 0 Å². The molecule has 2 aliphatic heterocycles. The summed E-state index contributed by atoms with van der Waals surface area (Å²) in [6, 6.07) is 0.281. The van der Waals surface area contributed by atoms with Crippen molar-refractivity contribution in [1.29, 1.82) is 0 Å². The SMILES string of the molecule is CCN1CCN(C(=O)C2CCC(=O)N(CC)C2)C(C)C1. The lowest BCUT2D eigenvalue weighted by Gasteiger charge is -2.42. The summed E-state index contributed by atoms with van der Waals surface area (Å²) in [7, 11) is 0. The van der Waals surface area contributed by atoms with Crippen LogP contribution in [0, 0.1) is 5.92 Å². The summed E-state index contributed by atoms with van der Waals surface area (Å²) >= 11 is 0. The lowest BCUT2D eigenvalue weighted by Crippen LogP contribution is -2.57. The highest BCUT2D eigenvalue weighted by atomic mass is 16.2. The zero-order valence-corrected chi connectivity index (χ0v) is 13.0. The lowest BCUT2D eigenvalue weighted by molar-refractivity contribution is -0.145. The molecule has 0 aromatic heterocycles. The van der Waals surface area contributed by atoms with Gasteiger partial charge in [-0.2, -0.15) is 0 Å². The van der Waals surface area contributed by atoms with Gasteiger partial charge in [0.15, 0.2) is 0 Å². The molecule has 20 heavy (non-hydrogen) atoms. The third kappa shape index (κ3) is 3.14. The Bertz CT molecular complexity index is 372. The molecule has 2 amide bonds. The fraction of sp³-hybridized carbons (Fsp3) is 0.867. The summed E-state index contributed by atoms with van der Waals surface area (Å²) < 4.78 is 0. The van der Waals surface area contributed by atoms with Gasteiger partial charge in [-0.15, -0.1) is 0 Å². The van der Waals surface area contributed by atoms with E-state index < -0.39 is 0 Å². The van der Waals surface area contributed by atoms with Gasteiger partial charge in [0.05, 0.1) is 5.92 Å². The first-order valence-corrected chi connectivity index (χ1v) is 7.87. The van der Waals surface area contributed by atoms with E-state index in [0.717, 1.165) is 32.6 Å². The molecule has 0 spiro atoms. The molecule has 5 nitrogen and oxygen atoms in total. The fourth-order valence-electron chi connectivity index (χ4n) is 3.30. The van der Waals surface area contributed by atoms with Gasteiger partial charge < -0.3 is 9.80 Å². The molecular formula is C15H27N3O2. The van der Waals surface area contributed by atoms with E-state index in [1.165, 1.54) is 0 Å². The van der Waals surface area contributed by atoms with Crippen molar-refractivity contribution in [1.82, 2.24) is 14.7 Å². The minimum Gasteiger partial charge on any atom is -0.342 e. The topological polar surface area (TPSA) is 43.9 Å². The second-order valence-corrected chi connectivity index (χ2v) is 5.94. The molecule has 2 unspecified atom stereocenters. The number of likely N-dealkylation sites (N-methyl/N-ethyl adjacent to an activating group) is 1. The molecule has 0 bridgehead atoms. The predicted octanol–water partition coefficient (Wildman–Crippen LogP) is 0.798. The fourth-order valence-corrected chi connectivity index (χ4v) is 3.30. The first kappa shape index (κ1) is 15.3. The third-order valence-corrected chi connectivity index (χ3v) is 4.67. The summed E-state index contributed by atoms with van der Waals surface area (Å²) in [5.74, 6) is 0.447. The van der Waals surface area contributed by atoms with Crippen molar-refractivity contribution in [2.24, 2.45) is 5.92 Å². The van der Waals surface area contributed by atoms with Crippen LogP contribution in [-0.4, -0.2) is 71.8 Å². The van der Waals surface area contributed by atoms with E-state index in [9.17, 15) is 9.59 Å². The van der Waals surface area contributed by atoms with Crippen LogP contribution in [0.25, 0.3) is 0 Å². The Hall–Kier alpha value is -1.10. The first-order chi connectivity index (χ1) is 9.56. The van der Waals surface area contributed by atoms with E-state index >= 15 is 0 Å². The summed E-state index contributed by atoms with van der Waals surface area (Å²) in [6.07, 6.45) is 1.24. The number of carbonyl (C=O) groups excluding carboxylic acids is 2. The molecule has 5 heteroatoms. The Balaban J connectivity index is 1.96. The van der Waals surface area contributed by atoms with Crippen LogP contribution in [0.5, 0.6) is 0 Å². The zero-order valence-electron chi connectivity index (χ0n) is 13.0. The Morgan fingerprint density at radius 3 is 2.55 bits per heavy atom. The smallest absolute Gasteiger partial charge is 0.227 e. The Morgan fingerprint density at radius 1 is 1.20 bits per heavy atom. The van der Waals surface area contributed by atoms with Crippen LogP contribution >= 0.6 is 0 Å². The maximum absolute atomic E-state index is 12.7. The molecule has 0 aromatic carbocycles. The summed E-state index contributed by atoms with van der Waals surface area (Å²) in [5, 5.41) is 0. The predicted molar refractivity (Wildman–Crippen MR) is 78.3 cm³/mol. The monoisotopic (exact) mass is 281 g/mol. The van der Waals surface area contributed by atoms with Crippen molar-refractivity contribution in [3.8, 4) is 0 Å². The molecule has 2 atom stereocenters. The van der Waals surface area contributed by atoms with Crippen LogP contribution in [0.2, 0.25) is 0 Å². The first-order valence-electron chi connectivity index (χ1n) is 7.87. The Labute approximate surface area is 121 Å². The van der Waals surface area contributed by atoms with Crippen LogP contribution in [-0.2, 0) is 9.59 Å². The molecule has 0 aliphatic carbocycles. The van der Waals surface area contributed by atoms with E-state index in [2.05, 4.69) is 18.7 Å². The number of piperazine rings is 1. The number of rotatable bonds is 3.